The highest BCUT2D eigenvalue weighted by Crippen LogP contribution is 2.28. The number of methoxy groups -OCH3 is 1. The molecule has 0 saturated heterocycles. The van der Waals surface area contributed by atoms with Crippen molar-refractivity contribution in [2.45, 2.75) is 19.9 Å². The van der Waals surface area contributed by atoms with Crippen LogP contribution in [0.15, 0.2) is 36.5 Å². The molecule has 0 aliphatic carbocycles. The van der Waals surface area contributed by atoms with Gasteiger partial charge in [-0.3, -0.25) is 9.59 Å². The first-order chi connectivity index (χ1) is 12.0. The quantitative estimate of drug-likeness (QED) is 0.776. The predicted octanol–water partition coefficient (Wildman–Crippen LogP) is 2.43. The normalized spacial score (nSPS) is 10.4. The number of carbonyl (C=O) groups is 2. The second-order valence-electron chi connectivity index (χ2n) is 5.48. The number of anilines is 1. The smallest absolute Gasteiger partial charge is 0.265 e. The van der Waals surface area contributed by atoms with Gasteiger partial charge in [-0.1, -0.05) is 6.07 Å². The minimum atomic E-state index is -0.332. The standard InChI is InChI=1S/C18H20N2O5/c1-12(2)20(14-6-5-9-19-18(14)24-3)17(23)11-25-16-8-4-7-15(22)13(16)10-21/h4-10,12,22H,11H2,1-3H3. The second kappa shape index (κ2) is 8.14. The molecule has 0 atom stereocenters. The molecule has 0 aliphatic rings. The summed E-state index contributed by atoms with van der Waals surface area (Å²) in [7, 11) is 1.48. The molecule has 1 heterocycles. The molecule has 25 heavy (non-hydrogen) atoms. The van der Waals surface area contributed by atoms with Crippen LogP contribution in [0.3, 0.4) is 0 Å². The number of ether oxygens (including phenoxy) is 2. The molecule has 7 heteroatoms. The molecular weight excluding hydrogens is 324 g/mol. The van der Waals surface area contributed by atoms with Crippen LogP contribution in [-0.4, -0.2) is 42.0 Å². The van der Waals surface area contributed by atoms with E-state index in [-0.39, 0.29) is 35.6 Å². The van der Waals surface area contributed by atoms with Gasteiger partial charge in [0.15, 0.2) is 12.9 Å². The lowest BCUT2D eigenvalue weighted by molar-refractivity contribution is -0.121. The van der Waals surface area contributed by atoms with Gasteiger partial charge < -0.3 is 19.5 Å². The van der Waals surface area contributed by atoms with Crippen LogP contribution < -0.4 is 14.4 Å². The van der Waals surface area contributed by atoms with E-state index < -0.39 is 0 Å². The summed E-state index contributed by atoms with van der Waals surface area (Å²) in [6.07, 6.45) is 2.06. The third-order valence-electron chi connectivity index (χ3n) is 3.50. The van der Waals surface area contributed by atoms with Gasteiger partial charge in [-0.05, 0) is 38.1 Å². The molecule has 1 N–H and O–H groups in total. The summed E-state index contributed by atoms with van der Waals surface area (Å²) in [5.74, 6) is -0.0585. The third kappa shape index (κ3) is 4.06. The molecule has 1 amide bonds. The Kier molecular flexibility index (Phi) is 5.94. The van der Waals surface area contributed by atoms with Crippen LogP contribution in [0.2, 0.25) is 0 Å². The van der Waals surface area contributed by atoms with E-state index in [1.54, 1.807) is 18.3 Å². The fourth-order valence-electron chi connectivity index (χ4n) is 2.41. The van der Waals surface area contributed by atoms with Gasteiger partial charge in [0.25, 0.3) is 5.91 Å². The minimum absolute atomic E-state index is 0.00496. The first kappa shape index (κ1) is 18.3. The van der Waals surface area contributed by atoms with Crippen molar-refractivity contribution in [3.05, 3.63) is 42.1 Å². The van der Waals surface area contributed by atoms with Crippen LogP contribution in [0.4, 0.5) is 5.69 Å². The second-order valence-corrected chi connectivity index (χ2v) is 5.48. The first-order valence-electron chi connectivity index (χ1n) is 7.70. The third-order valence-corrected chi connectivity index (χ3v) is 3.50. The van der Waals surface area contributed by atoms with Gasteiger partial charge in [-0.25, -0.2) is 4.98 Å². The number of aldehydes is 1. The highest BCUT2D eigenvalue weighted by molar-refractivity contribution is 5.96. The van der Waals surface area contributed by atoms with E-state index in [9.17, 15) is 14.7 Å². The number of benzene rings is 1. The SMILES string of the molecule is COc1ncccc1N(C(=O)COc1cccc(O)c1C=O)C(C)C. The van der Waals surface area contributed by atoms with E-state index in [2.05, 4.69) is 4.98 Å². The summed E-state index contributed by atoms with van der Waals surface area (Å²) in [6, 6.07) is 7.70. The van der Waals surface area contributed by atoms with E-state index in [0.717, 1.165) is 0 Å². The summed E-state index contributed by atoms with van der Waals surface area (Å²) < 4.78 is 10.7. The van der Waals surface area contributed by atoms with Crippen molar-refractivity contribution in [2.75, 3.05) is 18.6 Å². The van der Waals surface area contributed by atoms with E-state index in [1.807, 2.05) is 13.8 Å². The zero-order chi connectivity index (χ0) is 18.4. The molecule has 2 aromatic rings. The van der Waals surface area contributed by atoms with E-state index in [0.29, 0.717) is 17.9 Å². The number of pyridine rings is 1. The minimum Gasteiger partial charge on any atom is -0.507 e. The van der Waals surface area contributed by atoms with Crippen molar-refractivity contribution >= 4 is 17.9 Å². The number of phenolic OH excluding ortho intramolecular Hbond substituents is 1. The summed E-state index contributed by atoms with van der Waals surface area (Å²) >= 11 is 0. The average molecular weight is 344 g/mol. The Morgan fingerprint density at radius 2 is 2.08 bits per heavy atom. The molecule has 0 radical (unpaired) electrons. The Bertz CT molecular complexity index is 761. The number of phenols is 1. The largest absolute Gasteiger partial charge is 0.507 e. The van der Waals surface area contributed by atoms with Gasteiger partial charge in [-0.15, -0.1) is 0 Å². The maximum absolute atomic E-state index is 12.7. The van der Waals surface area contributed by atoms with Crippen molar-refractivity contribution in [3.63, 3.8) is 0 Å². The number of aromatic hydroxyl groups is 1. The summed E-state index contributed by atoms with van der Waals surface area (Å²) in [4.78, 5) is 29.4. The predicted molar refractivity (Wildman–Crippen MR) is 92.4 cm³/mol. The maximum Gasteiger partial charge on any atom is 0.265 e. The Hall–Kier alpha value is -3.09. The van der Waals surface area contributed by atoms with Crippen LogP contribution in [0, 0.1) is 0 Å². The van der Waals surface area contributed by atoms with Crippen molar-refractivity contribution < 1.29 is 24.2 Å². The van der Waals surface area contributed by atoms with Crippen molar-refractivity contribution in [1.82, 2.24) is 4.98 Å². The Balaban J connectivity index is 2.22. The number of amides is 1. The lowest BCUT2D eigenvalue weighted by Gasteiger charge is -2.27. The number of hydrogen-bond acceptors (Lipinski definition) is 6. The Morgan fingerprint density at radius 1 is 1.32 bits per heavy atom. The van der Waals surface area contributed by atoms with E-state index >= 15 is 0 Å². The molecule has 0 unspecified atom stereocenters. The zero-order valence-corrected chi connectivity index (χ0v) is 14.3. The lowest BCUT2D eigenvalue weighted by atomic mass is 10.2. The van der Waals surface area contributed by atoms with E-state index in [4.69, 9.17) is 9.47 Å². The van der Waals surface area contributed by atoms with Gasteiger partial charge in [-0.2, -0.15) is 0 Å². The number of nitrogens with zero attached hydrogens (tertiary/aromatic N) is 2. The maximum atomic E-state index is 12.7. The topological polar surface area (TPSA) is 89.0 Å². The fraction of sp³-hybridized carbons (Fsp3) is 0.278. The molecule has 0 saturated carbocycles. The van der Waals surface area contributed by atoms with Gasteiger partial charge >= 0.3 is 0 Å². The van der Waals surface area contributed by atoms with Crippen molar-refractivity contribution in [3.8, 4) is 17.4 Å². The number of rotatable bonds is 7. The lowest BCUT2D eigenvalue weighted by Crippen LogP contribution is -2.40. The zero-order valence-electron chi connectivity index (χ0n) is 14.3. The number of hydrogen-bond donors (Lipinski definition) is 1. The molecule has 0 aliphatic heterocycles. The molecule has 1 aromatic carbocycles. The molecule has 2 rings (SSSR count). The summed E-state index contributed by atoms with van der Waals surface area (Å²) in [5.41, 5.74) is 0.533. The van der Waals surface area contributed by atoms with Crippen LogP contribution in [-0.2, 0) is 4.79 Å². The van der Waals surface area contributed by atoms with Gasteiger partial charge in [0, 0.05) is 12.2 Å². The molecule has 132 valence electrons. The monoisotopic (exact) mass is 344 g/mol. The highest BCUT2D eigenvalue weighted by Gasteiger charge is 2.23. The molecule has 0 fully saturated rings. The average Bonchev–Trinajstić information content (AvgIpc) is 2.60. The molecule has 0 spiro atoms. The van der Waals surface area contributed by atoms with Gasteiger partial charge in [0.1, 0.15) is 17.2 Å². The molecule has 1 aromatic heterocycles. The molecule has 7 nitrogen and oxygen atoms in total. The molecular formula is C18H20N2O5. The van der Waals surface area contributed by atoms with Gasteiger partial charge in [0.05, 0.1) is 12.7 Å². The first-order valence-corrected chi connectivity index (χ1v) is 7.70. The van der Waals surface area contributed by atoms with Crippen molar-refractivity contribution in [2.24, 2.45) is 0 Å². The molecule has 0 bridgehead atoms. The van der Waals surface area contributed by atoms with Crippen LogP contribution in [0.5, 0.6) is 17.4 Å². The summed E-state index contributed by atoms with van der Waals surface area (Å²) in [5, 5.41) is 9.67. The fourth-order valence-corrected chi connectivity index (χ4v) is 2.41. The number of carbonyl (C=O) groups excluding carboxylic acids is 2. The Labute approximate surface area is 145 Å². The van der Waals surface area contributed by atoms with Gasteiger partial charge in [0.2, 0.25) is 5.88 Å². The van der Waals surface area contributed by atoms with E-state index in [1.165, 1.54) is 30.2 Å². The van der Waals surface area contributed by atoms with Crippen molar-refractivity contribution in [1.29, 1.82) is 0 Å². The summed E-state index contributed by atoms with van der Waals surface area (Å²) in [6.45, 7) is 3.41. The Morgan fingerprint density at radius 3 is 2.72 bits per heavy atom. The van der Waals surface area contributed by atoms with Crippen LogP contribution >= 0.6 is 0 Å². The highest BCUT2D eigenvalue weighted by atomic mass is 16.5. The number of aromatic nitrogens is 1. The van der Waals surface area contributed by atoms with Crippen LogP contribution in [0.1, 0.15) is 24.2 Å². The van der Waals surface area contributed by atoms with Crippen LogP contribution in [0.25, 0.3) is 0 Å².